The number of aromatic nitrogens is 4. The third-order valence-electron chi connectivity index (χ3n) is 5.09. The third kappa shape index (κ3) is 3.58. The van der Waals surface area contributed by atoms with E-state index < -0.39 is 0 Å². The van der Waals surface area contributed by atoms with E-state index in [0.29, 0.717) is 35.0 Å². The Morgan fingerprint density at radius 1 is 1.07 bits per heavy atom. The maximum atomic E-state index is 13.1. The van der Waals surface area contributed by atoms with Gasteiger partial charge in [-0.05, 0) is 43.0 Å². The standard InChI is InChI=1S/C22H18N4O2S.Na/c1-14-20-17(13-19(27)25(14)12-11-15-7-3-2-4-8-15)24-26(21(20)28)22-23-16-9-5-6-10-18(16)29-22;/h2-10,13,27H,11-12H2,1H3;/q;+1/p-1. The maximum absolute atomic E-state index is 13.1. The van der Waals surface area contributed by atoms with Crippen molar-refractivity contribution in [2.45, 2.75) is 19.9 Å². The number of thiazole rings is 1. The zero-order valence-corrected chi connectivity index (χ0v) is 19.5. The van der Waals surface area contributed by atoms with E-state index in [1.54, 1.807) is 11.5 Å². The van der Waals surface area contributed by atoms with Gasteiger partial charge in [0.1, 0.15) is 0 Å². The molecule has 30 heavy (non-hydrogen) atoms. The van der Waals surface area contributed by atoms with E-state index in [1.807, 2.05) is 54.6 Å². The average molecular weight is 424 g/mol. The molecule has 8 heteroatoms. The number of hydrogen-bond donors (Lipinski definition) is 0. The summed E-state index contributed by atoms with van der Waals surface area (Å²) in [5, 5.41) is 17.6. The number of pyridine rings is 1. The van der Waals surface area contributed by atoms with Crippen LogP contribution in [0.3, 0.4) is 0 Å². The quantitative estimate of drug-likeness (QED) is 0.391. The molecule has 0 unspecified atom stereocenters. The zero-order chi connectivity index (χ0) is 20.0. The molecule has 0 amide bonds. The van der Waals surface area contributed by atoms with Crippen molar-refractivity contribution in [1.29, 1.82) is 0 Å². The van der Waals surface area contributed by atoms with Crippen molar-refractivity contribution in [3.05, 3.63) is 82.3 Å². The smallest absolute Gasteiger partial charge is 0.860 e. The molecule has 2 aromatic carbocycles. The van der Waals surface area contributed by atoms with Crippen LogP contribution in [0.5, 0.6) is 5.88 Å². The second-order valence-corrected chi connectivity index (χ2v) is 7.91. The fraction of sp³-hybridized carbons (Fsp3) is 0.136. The predicted octanol–water partition coefficient (Wildman–Crippen LogP) is 0.377. The normalized spacial score (nSPS) is 11.1. The van der Waals surface area contributed by atoms with Gasteiger partial charge in [0.05, 0.1) is 21.5 Å². The Bertz CT molecular complexity index is 1320. The fourth-order valence-corrected chi connectivity index (χ4v) is 4.51. The van der Waals surface area contributed by atoms with Gasteiger partial charge in [-0.1, -0.05) is 53.8 Å². The summed E-state index contributed by atoms with van der Waals surface area (Å²) < 4.78 is 3.95. The molecule has 0 saturated carbocycles. The molecule has 2 aliphatic rings. The molecule has 5 rings (SSSR count). The molecule has 0 radical (unpaired) electrons. The Kier molecular flexibility index (Phi) is 5.79. The van der Waals surface area contributed by atoms with Gasteiger partial charge in [0.15, 0.2) is 0 Å². The Hall–Kier alpha value is -2.45. The summed E-state index contributed by atoms with van der Waals surface area (Å²) in [5.41, 5.74) is 3.24. The first-order chi connectivity index (χ1) is 14.1. The number of aryl methyl sites for hydroxylation is 1. The number of fused-ring (bicyclic) bond motifs is 2. The van der Waals surface area contributed by atoms with Crippen LogP contribution in [-0.2, 0) is 13.0 Å². The number of rotatable bonds is 4. The number of nitrogens with zero attached hydrogens (tertiary/aromatic N) is 4. The van der Waals surface area contributed by atoms with E-state index in [-0.39, 0.29) is 41.0 Å². The second kappa shape index (κ2) is 8.35. The second-order valence-electron chi connectivity index (χ2n) is 6.90. The van der Waals surface area contributed by atoms with E-state index in [1.165, 1.54) is 22.1 Å². The Morgan fingerprint density at radius 2 is 1.80 bits per heavy atom. The number of para-hydroxylation sites is 1. The van der Waals surface area contributed by atoms with Crippen LogP contribution >= 0.6 is 11.3 Å². The SMILES string of the molecule is Cc1c2c(=O)n(-c3nc4ccccc4s3)nc-2cc([O-])n1CCc1ccccc1.[Na+]. The summed E-state index contributed by atoms with van der Waals surface area (Å²) >= 11 is 1.41. The van der Waals surface area contributed by atoms with Crippen LogP contribution in [0.15, 0.2) is 65.5 Å². The van der Waals surface area contributed by atoms with Crippen LogP contribution in [0.2, 0.25) is 0 Å². The van der Waals surface area contributed by atoms with Crippen molar-refractivity contribution in [2.75, 3.05) is 0 Å². The monoisotopic (exact) mass is 424 g/mol. The molecule has 0 fully saturated rings. The van der Waals surface area contributed by atoms with Crippen LogP contribution in [0.1, 0.15) is 11.3 Å². The van der Waals surface area contributed by atoms with E-state index in [4.69, 9.17) is 0 Å². The average Bonchev–Trinajstić information content (AvgIpc) is 3.29. The molecule has 3 heterocycles. The molecule has 0 bridgehead atoms. The number of benzene rings is 2. The molecule has 0 saturated heterocycles. The maximum Gasteiger partial charge on any atom is 1.00 e. The van der Waals surface area contributed by atoms with Crippen molar-refractivity contribution in [3.63, 3.8) is 0 Å². The Balaban J connectivity index is 0.00000218. The minimum absolute atomic E-state index is 0. The van der Waals surface area contributed by atoms with E-state index >= 15 is 0 Å². The first kappa shape index (κ1) is 20.8. The van der Waals surface area contributed by atoms with Crippen LogP contribution in [0.4, 0.5) is 0 Å². The number of hydrogen-bond acceptors (Lipinski definition) is 5. The van der Waals surface area contributed by atoms with Crippen molar-refractivity contribution >= 4 is 21.6 Å². The fourth-order valence-electron chi connectivity index (χ4n) is 3.60. The summed E-state index contributed by atoms with van der Waals surface area (Å²) in [6, 6.07) is 19.1. The van der Waals surface area contributed by atoms with Gasteiger partial charge in [0.2, 0.25) is 5.13 Å². The van der Waals surface area contributed by atoms with E-state index in [9.17, 15) is 9.90 Å². The molecule has 0 atom stereocenters. The molecule has 0 spiro atoms. The van der Waals surface area contributed by atoms with Gasteiger partial charge in [0, 0.05) is 12.2 Å². The van der Waals surface area contributed by atoms with Crippen LogP contribution < -0.4 is 40.2 Å². The molecule has 3 aromatic rings. The Labute approximate surface area is 199 Å². The molecule has 0 N–H and O–H groups in total. The summed E-state index contributed by atoms with van der Waals surface area (Å²) in [6.07, 6.45) is 0.716. The molecule has 0 aliphatic carbocycles. The van der Waals surface area contributed by atoms with E-state index in [0.717, 1.165) is 15.8 Å². The Morgan fingerprint density at radius 3 is 2.57 bits per heavy atom. The predicted molar refractivity (Wildman–Crippen MR) is 112 cm³/mol. The minimum atomic E-state index is -0.245. The van der Waals surface area contributed by atoms with E-state index in [2.05, 4.69) is 10.1 Å². The van der Waals surface area contributed by atoms with Crippen molar-refractivity contribution in [3.8, 4) is 22.3 Å². The van der Waals surface area contributed by atoms with Gasteiger partial charge < -0.3 is 9.67 Å². The van der Waals surface area contributed by atoms with Crippen LogP contribution in [0, 0.1) is 6.92 Å². The van der Waals surface area contributed by atoms with Gasteiger partial charge in [-0.2, -0.15) is 9.78 Å². The van der Waals surface area contributed by atoms with Gasteiger partial charge in [-0.15, -0.1) is 0 Å². The summed E-state index contributed by atoms with van der Waals surface area (Å²) in [6.45, 7) is 2.32. The first-order valence-electron chi connectivity index (χ1n) is 9.32. The molecule has 1 aromatic heterocycles. The topological polar surface area (TPSA) is 75.8 Å². The van der Waals surface area contributed by atoms with Gasteiger partial charge in [-0.25, -0.2) is 4.98 Å². The largest absolute Gasteiger partial charge is 1.00 e. The van der Waals surface area contributed by atoms with Crippen molar-refractivity contribution in [2.24, 2.45) is 0 Å². The molecular formula is C22H17N4NaO2S. The van der Waals surface area contributed by atoms with Crippen LogP contribution in [0.25, 0.3) is 26.6 Å². The first-order valence-corrected chi connectivity index (χ1v) is 10.1. The molecule has 2 aliphatic heterocycles. The van der Waals surface area contributed by atoms with Crippen molar-refractivity contribution < 1.29 is 34.7 Å². The van der Waals surface area contributed by atoms with Crippen LogP contribution in [-0.4, -0.2) is 19.3 Å². The van der Waals surface area contributed by atoms with Gasteiger partial charge >= 0.3 is 29.6 Å². The van der Waals surface area contributed by atoms with Gasteiger partial charge in [0.25, 0.3) is 5.56 Å². The summed E-state index contributed by atoms with van der Waals surface area (Å²) in [7, 11) is 0. The minimum Gasteiger partial charge on any atom is -0.860 e. The third-order valence-corrected chi connectivity index (χ3v) is 6.11. The van der Waals surface area contributed by atoms with Crippen molar-refractivity contribution in [1.82, 2.24) is 19.3 Å². The molecule has 6 nitrogen and oxygen atoms in total. The molecular weight excluding hydrogens is 407 g/mol. The summed E-state index contributed by atoms with van der Waals surface area (Å²) in [4.78, 5) is 17.6. The zero-order valence-electron chi connectivity index (χ0n) is 16.7. The molecule has 144 valence electrons. The van der Waals surface area contributed by atoms with Gasteiger partial charge in [-0.3, -0.25) is 4.79 Å². The summed E-state index contributed by atoms with van der Waals surface area (Å²) in [5.74, 6) is -0.153.